The third-order valence-corrected chi connectivity index (χ3v) is 6.04. The van der Waals surface area contributed by atoms with E-state index in [1.165, 1.54) is 16.2 Å². The summed E-state index contributed by atoms with van der Waals surface area (Å²) in [4.78, 5) is 17.4. The molecule has 1 fully saturated rings. The third-order valence-electron chi connectivity index (χ3n) is 4.31. The number of para-hydroxylation sites is 1. The van der Waals surface area contributed by atoms with E-state index < -0.39 is 0 Å². The van der Waals surface area contributed by atoms with Gasteiger partial charge in [-0.3, -0.25) is 9.69 Å². The Morgan fingerprint density at radius 3 is 2.71 bits per heavy atom. The first-order valence-corrected chi connectivity index (χ1v) is 9.66. The Kier molecular flexibility index (Phi) is 5.82. The van der Waals surface area contributed by atoms with Crippen molar-refractivity contribution in [2.24, 2.45) is 0 Å². The number of hydrogen-bond acceptors (Lipinski definition) is 3. The van der Waals surface area contributed by atoms with E-state index in [9.17, 15) is 4.79 Å². The van der Waals surface area contributed by atoms with E-state index >= 15 is 0 Å². The maximum atomic E-state index is 12.3. The lowest BCUT2D eigenvalue weighted by Gasteiger charge is -2.23. The molecule has 0 spiro atoms. The number of hydrogen-bond donors (Lipinski definition) is 1. The summed E-state index contributed by atoms with van der Waals surface area (Å²) in [5.41, 5.74) is 0.498. The highest BCUT2D eigenvalue weighted by atomic mass is 35.5. The highest BCUT2D eigenvalue weighted by molar-refractivity contribution is 7.12. The molecular weight excluding hydrogens is 363 g/mol. The molecule has 128 valence electrons. The van der Waals surface area contributed by atoms with Gasteiger partial charge in [0.2, 0.25) is 5.91 Å². The lowest BCUT2D eigenvalue weighted by Crippen LogP contribution is -2.27. The van der Waals surface area contributed by atoms with E-state index in [1.54, 1.807) is 18.2 Å². The molecule has 2 aromatic rings. The van der Waals surface area contributed by atoms with Crippen molar-refractivity contribution in [3.63, 3.8) is 0 Å². The van der Waals surface area contributed by atoms with Gasteiger partial charge in [-0.15, -0.1) is 11.3 Å². The first-order valence-electron chi connectivity index (χ1n) is 8.09. The maximum absolute atomic E-state index is 12.3. The highest BCUT2D eigenvalue weighted by Gasteiger charge is 2.27. The fourth-order valence-corrected chi connectivity index (χ4v) is 4.65. The number of anilines is 1. The Hall–Kier alpha value is -1.07. The van der Waals surface area contributed by atoms with Crippen LogP contribution in [-0.4, -0.2) is 23.9 Å². The van der Waals surface area contributed by atoms with E-state index in [0.717, 1.165) is 19.5 Å². The van der Waals surface area contributed by atoms with Gasteiger partial charge in [0, 0.05) is 28.8 Å². The van der Waals surface area contributed by atoms with Crippen LogP contribution in [0.1, 0.15) is 35.1 Å². The van der Waals surface area contributed by atoms with Crippen LogP contribution >= 0.6 is 34.5 Å². The number of halogens is 2. The zero-order valence-electron chi connectivity index (χ0n) is 13.5. The zero-order chi connectivity index (χ0) is 17.1. The molecule has 1 saturated heterocycles. The summed E-state index contributed by atoms with van der Waals surface area (Å²) in [6, 6.07) is 10.0. The van der Waals surface area contributed by atoms with E-state index in [4.69, 9.17) is 23.2 Å². The van der Waals surface area contributed by atoms with Gasteiger partial charge in [-0.2, -0.15) is 0 Å². The number of aryl methyl sites for hydroxylation is 1. The van der Waals surface area contributed by atoms with Crippen LogP contribution in [0.2, 0.25) is 10.0 Å². The molecule has 3 nitrogen and oxygen atoms in total. The monoisotopic (exact) mass is 382 g/mol. The van der Waals surface area contributed by atoms with Crippen molar-refractivity contribution < 1.29 is 4.79 Å². The molecule has 1 amide bonds. The molecule has 0 saturated carbocycles. The minimum atomic E-state index is -0.0574. The second-order valence-corrected chi connectivity index (χ2v) is 8.17. The normalized spacial score (nSPS) is 18.0. The van der Waals surface area contributed by atoms with Crippen LogP contribution in [0.25, 0.3) is 0 Å². The second kappa shape index (κ2) is 7.87. The largest absolute Gasteiger partial charge is 0.324 e. The van der Waals surface area contributed by atoms with Gasteiger partial charge >= 0.3 is 0 Å². The molecule has 1 aliphatic heterocycles. The van der Waals surface area contributed by atoms with Gasteiger partial charge in [-0.1, -0.05) is 29.3 Å². The molecule has 1 N–H and O–H groups in total. The number of rotatable bonds is 5. The molecule has 2 heterocycles. The van der Waals surface area contributed by atoms with E-state index in [2.05, 4.69) is 29.3 Å². The maximum Gasteiger partial charge on any atom is 0.225 e. The lowest BCUT2D eigenvalue weighted by atomic mass is 10.2. The molecule has 1 aromatic carbocycles. The van der Waals surface area contributed by atoms with E-state index in [0.29, 0.717) is 28.2 Å². The van der Waals surface area contributed by atoms with Crippen molar-refractivity contribution in [2.45, 2.75) is 32.2 Å². The van der Waals surface area contributed by atoms with Crippen molar-refractivity contribution >= 4 is 46.1 Å². The Labute approximate surface area is 156 Å². The quantitative estimate of drug-likeness (QED) is 0.736. The van der Waals surface area contributed by atoms with Crippen molar-refractivity contribution in [2.75, 3.05) is 18.4 Å². The van der Waals surface area contributed by atoms with Crippen LogP contribution in [-0.2, 0) is 4.79 Å². The number of nitrogens with zero attached hydrogens (tertiary/aromatic N) is 1. The van der Waals surface area contributed by atoms with Crippen LogP contribution in [0, 0.1) is 6.92 Å². The van der Waals surface area contributed by atoms with Crippen LogP contribution in [0.5, 0.6) is 0 Å². The van der Waals surface area contributed by atoms with Crippen molar-refractivity contribution in [1.82, 2.24) is 4.90 Å². The van der Waals surface area contributed by atoms with E-state index in [-0.39, 0.29) is 5.91 Å². The first kappa shape index (κ1) is 17.7. The minimum absolute atomic E-state index is 0.0574. The summed E-state index contributed by atoms with van der Waals surface area (Å²) in [5, 5.41) is 3.76. The Morgan fingerprint density at radius 2 is 2.04 bits per heavy atom. The fraction of sp³-hybridized carbons (Fsp3) is 0.389. The Balaban J connectivity index is 1.58. The SMILES string of the molecule is Cc1ccc(C2CCCN2CCC(=O)Nc2c(Cl)cccc2Cl)s1. The number of likely N-dealkylation sites (tertiary alicyclic amines) is 1. The van der Waals surface area contributed by atoms with Gasteiger partial charge in [0.1, 0.15) is 0 Å². The molecule has 24 heavy (non-hydrogen) atoms. The van der Waals surface area contributed by atoms with Gasteiger partial charge in [-0.05, 0) is 50.6 Å². The molecule has 0 radical (unpaired) electrons. The molecule has 1 unspecified atom stereocenters. The molecule has 3 rings (SSSR count). The summed E-state index contributed by atoms with van der Waals surface area (Å²) in [6.07, 6.45) is 2.78. The minimum Gasteiger partial charge on any atom is -0.324 e. The van der Waals surface area contributed by atoms with Crippen LogP contribution in [0.3, 0.4) is 0 Å². The summed E-state index contributed by atoms with van der Waals surface area (Å²) in [6.45, 7) is 3.92. The number of carbonyl (C=O) groups is 1. The lowest BCUT2D eigenvalue weighted by molar-refractivity contribution is -0.116. The van der Waals surface area contributed by atoms with E-state index in [1.807, 2.05) is 11.3 Å². The van der Waals surface area contributed by atoms with Crippen molar-refractivity contribution in [3.05, 3.63) is 50.1 Å². The molecule has 6 heteroatoms. The molecule has 0 bridgehead atoms. The van der Waals surface area contributed by atoms with Gasteiger partial charge in [0.05, 0.1) is 15.7 Å². The van der Waals surface area contributed by atoms with Gasteiger partial charge in [-0.25, -0.2) is 0 Å². The summed E-state index contributed by atoms with van der Waals surface area (Å²) in [5.74, 6) is -0.0574. The van der Waals surface area contributed by atoms with Crippen LogP contribution in [0.15, 0.2) is 30.3 Å². The molecular formula is C18H20Cl2N2OS. The molecule has 0 aliphatic carbocycles. The zero-order valence-corrected chi connectivity index (χ0v) is 15.8. The molecule has 1 aromatic heterocycles. The number of benzene rings is 1. The topological polar surface area (TPSA) is 32.3 Å². The Morgan fingerprint density at radius 1 is 1.29 bits per heavy atom. The standard InChI is InChI=1S/C18H20Cl2N2OS/c1-12-7-8-16(24-12)15-6-3-10-22(15)11-9-17(23)21-18-13(19)4-2-5-14(18)20/h2,4-5,7-8,15H,3,6,9-11H2,1H3,(H,21,23). The summed E-state index contributed by atoms with van der Waals surface area (Å²) >= 11 is 14.0. The van der Waals surface area contributed by atoms with Gasteiger partial charge in [0.15, 0.2) is 0 Å². The van der Waals surface area contributed by atoms with Gasteiger partial charge < -0.3 is 5.32 Å². The average molecular weight is 383 g/mol. The van der Waals surface area contributed by atoms with Crippen molar-refractivity contribution in [1.29, 1.82) is 0 Å². The van der Waals surface area contributed by atoms with Gasteiger partial charge in [0.25, 0.3) is 0 Å². The Bertz CT molecular complexity index is 711. The third kappa shape index (κ3) is 4.12. The second-order valence-electron chi connectivity index (χ2n) is 6.04. The van der Waals surface area contributed by atoms with Crippen molar-refractivity contribution in [3.8, 4) is 0 Å². The fourth-order valence-electron chi connectivity index (χ4n) is 3.11. The summed E-state index contributed by atoms with van der Waals surface area (Å²) in [7, 11) is 0. The number of amides is 1. The summed E-state index contributed by atoms with van der Waals surface area (Å²) < 4.78 is 0. The smallest absolute Gasteiger partial charge is 0.225 e. The molecule has 1 atom stereocenters. The highest BCUT2D eigenvalue weighted by Crippen LogP contribution is 2.36. The number of nitrogens with one attached hydrogen (secondary N) is 1. The van der Waals surface area contributed by atoms with Crippen LogP contribution < -0.4 is 5.32 Å². The average Bonchev–Trinajstić information content (AvgIpc) is 3.17. The predicted octanol–water partition coefficient (Wildman–Crippen LogP) is 5.53. The molecule has 1 aliphatic rings. The van der Waals surface area contributed by atoms with Crippen LogP contribution in [0.4, 0.5) is 5.69 Å². The predicted molar refractivity (Wildman–Crippen MR) is 102 cm³/mol. The first-order chi connectivity index (χ1) is 11.5. The number of carbonyl (C=O) groups excluding carboxylic acids is 1. The number of thiophene rings is 1.